The van der Waals surface area contributed by atoms with Gasteiger partial charge in [-0.1, -0.05) is 27.7 Å². The highest BCUT2D eigenvalue weighted by Crippen LogP contribution is 2.26. The van der Waals surface area contributed by atoms with E-state index >= 15 is 0 Å². The van der Waals surface area contributed by atoms with Crippen molar-refractivity contribution in [3.05, 3.63) is 23.0 Å². The van der Waals surface area contributed by atoms with Gasteiger partial charge in [-0.25, -0.2) is 0 Å². The summed E-state index contributed by atoms with van der Waals surface area (Å²) in [4.78, 5) is 0. The molecule has 1 heteroatoms. The minimum absolute atomic E-state index is 0.621. The Balaban J connectivity index is 3.20. The van der Waals surface area contributed by atoms with Gasteiger partial charge in [0.15, 0.2) is 0 Å². The summed E-state index contributed by atoms with van der Waals surface area (Å²) in [5.74, 6) is 1.26. The molecule has 13 heavy (non-hydrogen) atoms. The third-order valence-electron chi connectivity index (χ3n) is 2.83. The van der Waals surface area contributed by atoms with Crippen LogP contribution in [0.2, 0.25) is 0 Å². The number of hydrogen-bond acceptors (Lipinski definition) is 0. The maximum Gasteiger partial charge on any atom is 0.0202 e. The summed E-state index contributed by atoms with van der Waals surface area (Å²) in [5, 5.41) is 0. The van der Waals surface area contributed by atoms with E-state index in [2.05, 4.69) is 52.3 Å². The zero-order valence-electron chi connectivity index (χ0n) is 9.68. The predicted molar refractivity (Wildman–Crippen MR) is 58.3 cm³/mol. The Morgan fingerprint density at radius 1 is 1.08 bits per heavy atom. The van der Waals surface area contributed by atoms with E-state index in [0.29, 0.717) is 11.8 Å². The molecule has 1 rings (SSSR count). The molecule has 0 aliphatic heterocycles. The van der Waals surface area contributed by atoms with Crippen LogP contribution in [0, 0.1) is 6.92 Å². The van der Waals surface area contributed by atoms with Crippen LogP contribution in [0.25, 0.3) is 0 Å². The summed E-state index contributed by atoms with van der Waals surface area (Å²) in [5.41, 5.74) is 4.35. The molecule has 0 bridgehead atoms. The van der Waals surface area contributed by atoms with Crippen molar-refractivity contribution >= 4 is 0 Å². The molecular weight excluding hydrogens is 158 g/mol. The second-order valence-electron chi connectivity index (χ2n) is 4.48. The van der Waals surface area contributed by atoms with Gasteiger partial charge in [-0.15, -0.1) is 0 Å². The van der Waals surface area contributed by atoms with Crippen molar-refractivity contribution in [3.63, 3.8) is 0 Å². The van der Waals surface area contributed by atoms with Crippen molar-refractivity contribution in [2.45, 2.75) is 46.5 Å². The molecule has 0 saturated carbocycles. The largest absolute Gasteiger partial charge is 0.351 e. The smallest absolute Gasteiger partial charge is 0.0202 e. The van der Waals surface area contributed by atoms with Crippen LogP contribution in [0.5, 0.6) is 0 Å². The number of aromatic nitrogens is 1. The van der Waals surface area contributed by atoms with E-state index in [1.807, 2.05) is 0 Å². The van der Waals surface area contributed by atoms with Crippen LogP contribution >= 0.6 is 0 Å². The van der Waals surface area contributed by atoms with Crippen molar-refractivity contribution in [3.8, 4) is 0 Å². The molecule has 0 aliphatic carbocycles. The van der Waals surface area contributed by atoms with Gasteiger partial charge >= 0.3 is 0 Å². The SMILES string of the molecule is Cc1c(C(C)C)cc(C(C)C)n1C. The van der Waals surface area contributed by atoms with Gasteiger partial charge in [0.2, 0.25) is 0 Å². The van der Waals surface area contributed by atoms with E-state index in [-0.39, 0.29) is 0 Å². The summed E-state index contributed by atoms with van der Waals surface area (Å²) in [6.45, 7) is 11.2. The lowest BCUT2D eigenvalue weighted by Gasteiger charge is -2.07. The van der Waals surface area contributed by atoms with Crippen LogP contribution in [0.1, 0.15) is 56.5 Å². The number of rotatable bonds is 2. The summed E-state index contributed by atoms with van der Waals surface area (Å²) in [6, 6.07) is 2.35. The predicted octanol–water partition coefficient (Wildman–Crippen LogP) is 3.58. The van der Waals surface area contributed by atoms with Gasteiger partial charge in [0.1, 0.15) is 0 Å². The topological polar surface area (TPSA) is 4.93 Å². The van der Waals surface area contributed by atoms with Crippen molar-refractivity contribution in [2.75, 3.05) is 0 Å². The molecule has 0 atom stereocenters. The summed E-state index contributed by atoms with van der Waals surface area (Å²) >= 11 is 0. The molecular formula is C12H21N. The zero-order chi connectivity index (χ0) is 10.2. The lowest BCUT2D eigenvalue weighted by atomic mass is 10.0. The highest BCUT2D eigenvalue weighted by molar-refractivity contribution is 5.31. The van der Waals surface area contributed by atoms with Crippen LogP contribution in [-0.4, -0.2) is 4.57 Å². The van der Waals surface area contributed by atoms with Gasteiger partial charge in [0, 0.05) is 18.4 Å². The Bertz CT molecular complexity index is 264. The first kappa shape index (κ1) is 10.4. The van der Waals surface area contributed by atoms with Crippen LogP contribution in [-0.2, 0) is 7.05 Å². The van der Waals surface area contributed by atoms with Crippen LogP contribution in [0.4, 0.5) is 0 Å². The van der Waals surface area contributed by atoms with E-state index in [1.54, 1.807) is 0 Å². The van der Waals surface area contributed by atoms with Crippen LogP contribution in [0.3, 0.4) is 0 Å². The average Bonchev–Trinajstić information content (AvgIpc) is 2.29. The maximum atomic E-state index is 2.35. The molecule has 1 nitrogen and oxygen atoms in total. The highest BCUT2D eigenvalue weighted by Gasteiger charge is 2.13. The monoisotopic (exact) mass is 179 g/mol. The Morgan fingerprint density at radius 2 is 1.62 bits per heavy atom. The van der Waals surface area contributed by atoms with Gasteiger partial charge in [-0.05, 0) is 30.4 Å². The first-order valence-corrected chi connectivity index (χ1v) is 5.11. The molecule has 1 aromatic heterocycles. The molecule has 0 N–H and O–H groups in total. The van der Waals surface area contributed by atoms with Gasteiger partial charge in [-0.2, -0.15) is 0 Å². The summed E-state index contributed by atoms with van der Waals surface area (Å²) in [7, 11) is 2.16. The van der Waals surface area contributed by atoms with Gasteiger partial charge in [0.05, 0.1) is 0 Å². The lowest BCUT2D eigenvalue weighted by molar-refractivity contribution is 0.723. The van der Waals surface area contributed by atoms with Crippen molar-refractivity contribution in [1.29, 1.82) is 0 Å². The van der Waals surface area contributed by atoms with E-state index in [9.17, 15) is 0 Å². The molecule has 0 saturated heterocycles. The highest BCUT2D eigenvalue weighted by atomic mass is 15.0. The second kappa shape index (κ2) is 3.57. The van der Waals surface area contributed by atoms with Crippen molar-refractivity contribution in [2.24, 2.45) is 7.05 Å². The molecule has 74 valence electrons. The molecule has 1 heterocycles. The van der Waals surface area contributed by atoms with Crippen molar-refractivity contribution in [1.82, 2.24) is 4.57 Å². The second-order valence-corrected chi connectivity index (χ2v) is 4.48. The lowest BCUT2D eigenvalue weighted by Crippen LogP contribution is -1.99. The van der Waals surface area contributed by atoms with Gasteiger partial charge < -0.3 is 4.57 Å². The standard InChI is InChI=1S/C12H21N/c1-8(2)11-7-12(9(3)4)13(6)10(11)5/h7-9H,1-6H3. The fourth-order valence-corrected chi connectivity index (χ4v) is 1.89. The molecule has 0 unspecified atom stereocenters. The van der Waals surface area contributed by atoms with Gasteiger partial charge in [0.25, 0.3) is 0 Å². The molecule has 0 amide bonds. The quantitative estimate of drug-likeness (QED) is 0.654. The number of hydrogen-bond donors (Lipinski definition) is 0. The minimum Gasteiger partial charge on any atom is -0.351 e. The number of nitrogens with zero attached hydrogens (tertiary/aromatic N) is 1. The van der Waals surface area contributed by atoms with Crippen LogP contribution < -0.4 is 0 Å². The van der Waals surface area contributed by atoms with E-state index in [1.165, 1.54) is 17.0 Å². The zero-order valence-corrected chi connectivity index (χ0v) is 9.68. The third-order valence-corrected chi connectivity index (χ3v) is 2.83. The summed E-state index contributed by atoms with van der Waals surface area (Å²) in [6.07, 6.45) is 0. The first-order chi connectivity index (χ1) is 5.95. The molecule has 0 aliphatic rings. The molecule has 0 aromatic carbocycles. The van der Waals surface area contributed by atoms with Crippen LogP contribution in [0.15, 0.2) is 6.07 Å². The maximum absolute atomic E-state index is 2.35. The Labute approximate surface area is 81.8 Å². The summed E-state index contributed by atoms with van der Waals surface area (Å²) < 4.78 is 2.32. The molecule has 0 radical (unpaired) electrons. The van der Waals surface area contributed by atoms with E-state index < -0.39 is 0 Å². The Morgan fingerprint density at radius 3 is 1.85 bits per heavy atom. The van der Waals surface area contributed by atoms with Gasteiger partial charge in [-0.3, -0.25) is 0 Å². The Kier molecular flexibility index (Phi) is 2.84. The normalized spacial score (nSPS) is 11.7. The van der Waals surface area contributed by atoms with Crippen molar-refractivity contribution < 1.29 is 0 Å². The molecule has 1 aromatic rings. The van der Waals surface area contributed by atoms with E-state index in [0.717, 1.165) is 0 Å². The Hall–Kier alpha value is -0.720. The average molecular weight is 179 g/mol. The minimum atomic E-state index is 0.621. The first-order valence-electron chi connectivity index (χ1n) is 5.11. The fourth-order valence-electron chi connectivity index (χ4n) is 1.89. The third kappa shape index (κ3) is 1.79. The fraction of sp³-hybridized carbons (Fsp3) is 0.667. The molecule has 0 fully saturated rings. The van der Waals surface area contributed by atoms with E-state index in [4.69, 9.17) is 0 Å². The molecule has 0 spiro atoms.